The van der Waals surface area contributed by atoms with E-state index in [0.717, 1.165) is 54.6 Å². The van der Waals surface area contributed by atoms with Crippen molar-refractivity contribution in [2.75, 3.05) is 11.9 Å². The van der Waals surface area contributed by atoms with Crippen LogP contribution in [0.15, 0.2) is 49.1 Å². The lowest BCUT2D eigenvalue weighted by Crippen LogP contribution is -2.46. The lowest BCUT2D eigenvalue weighted by Gasteiger charge is -2.36. The molecule has 1 atom stereocenters. The van der Waals surface area contributed by atoms with Crippen LogP contribution in [0.3, 0.4) is 0 Å². The molecule has 1 N–H and O–H groups in total. The number of hydrogen-bond donors (Lipinski definition) is 1. The van der Waals surface area contributed by atoms with Crippen molar-refractivity contribution in [3.05, 3.63) is 54.7 Å². The second-order valence-electron chi connectivity index (χ2n) is 7.19. The van der Waals surface area contributed by atoms with Gasteiger partial charge in [-0.3, -0.25) is 4.98 Å². The highest BCUT2D eigenvalue weighted by Crippen LogP contribution is 2.25. The summed E-state index contributed by atoms with van der Waals surface area (Å²) in [6.07, 6.45) is 9.83. The fourth-order valence-corrected chi connectivity index (χ4v) is 3.84. The molecule has 3 aromatic rings. The SMILES string of the molecule is Cc1ccc2c(NC(=O)N3CCCC[C@@H]3CCn3ccnc3)cccc2n1. The van der Waals surface area contributed by atoms with E-state index in [0.29, 0.717) is 0 Å². The average Bonchev–Trinajstić information content (AvgIpc) is 3.20. The molecule has 0 radical (unpaired) electrons. The third-order valence-electron chi connectivity index (χ3n) is 5.28. The van der Waals surface area contributed by atoms with Crippen LogP contribution in [0.4, 0.5) is 10.5 Å². The Kier molecular flexibility index (Phi) is 5.05. The van der Waals surface area contributed by atoms with Gasteiger partial charge in [0.1, 0.15) is 0 Å². The van der Waals surface area contributed by atoms with Crippen molar-refractivity contribution in [3.63, 3.8) is 0 Å². The Balaban J connectivity index is 1.49. The summed E-state index contributed by atoms with van der Waals surface area (Å²) in [6.45, 7) is 3.66. The smallest absolute Gasteiger partial charge is 0.322 e. The number of piperidine rings is 1. The van der Waals surface area contributed by atoms with Crippen molar-refractivity contribution in [2.45, 2.75) is 45.2 Å². The summed E-state index contributed by atoms with van der Waals surface area (Å²) in [6, 6.07) is 10.1. The van der Waals surface area contributed by atoms with Crippen molar-refractivity contribution in [1.82, 2.24) is 19.4 Å². The predicted molar refractivity (Wildman–Crippen MR) is 107 cm³/mol. The molecule has 0 spiro atoms. The van der Waals surface area contributed by atoms with Crippen LogP contribution < -0.4 is 5.32 Å². The Hall–Kier alpha value is -2.89. The van der Waals surface area contributed by atoms with Crippen molar-refractivity contribution in [3.8, 4) is 0 Å². The molecular formula is C21H25N5O. The topological polar surface area (TPSA) is 63.1 Å². The molecule has 4 rings (SSSR count). The maximum atomic E-state index is 13.0. The van der Waals surface area contributed by atoms with E-state index in [2.05, 4.69) is 19.9 Å². The van der Waals surface area contributed by atoms with Crippen LogP contribution in [0, 0.1) is 6.92 Å². The summed E-state index contributed by atoms with van der Waals surface area (Å²) in [5.74, 6) is 0. The molecule has 1 fully saturated rings. The Morgan fingerprint density at radius 1 is 1.26 bits per heavy atom. The Morgan fingerprint density at radius 2 is 2.19 bits per heavy atom. The number of hydrogen-bond acceptors (Lipinski definition) is 3. The number of amides is 2. The number of fused-ring (bicyclic) bond motifs is 1. The van der Waals surface area contributed by atoms with Gasteiger partial charge in [-0.15, -0.1) is 0 Å². The summed E-state index contributed by atoms with van der Waals surface area (Å²) in [4.78, 5) is 23.7. The van der Waals surface area contributed by atoms with Gasteiger partial charge in [0, 0.05) is 42.6 Å². The van der Waals surface area contributed by atoms with Gasteiger partial charge in [0.05, 0.1) is 17.5 Å². The van der Waals surface area contributed by atoms with Gasteiger partial charge in [-0.05, 0) is 56.9 Å². The van der Waals surface area contributed by atoms with Gasteiger partial charge in [-0.25, -0.2) is 9.78 Å². The number of nitrogens with one attached hydrogen (secondary N) is 1. The number of urea groups is 1. The minimum atomic E-state index is -0.0154. The molecule has 1 aliphatic rings. The van der Waals surface area contributed by atoms with E-state index < -0.39 is 0 Å². The van der Waals surface area contributed by atoms with Crippen LogP contribution >= 0.6 is 0 Å². The second kappa shape index (κ2) is 7.78. The molecule has 2 amide bonds. The number of rotatable bonds is 4. The molecule has 0 aliphatic carbocycles. The van der Waals surface area contributed by atoms with Gasteiger partial charge in [0.2, 0.25) is 0 Å². The molecule has 0 saturated carbocycles. The molecule has 6 heteroatoms. The summed E-state index contributed by atoms with van der Waals surface area (Å²) >= 11 is 0. The standard InChI is InChI=1S/C21H25N5O/c1-16-8-9-18-19(23-16)6-4-7-20(18)24-21(27)26-12-3-2-5-17(26)10-13-25-14-11-22-15-25/h4,6-9,11,14-15,17H,2-3,5,10,12-13H2,1H3,(H,24,27)/t17-/m1/s1. The monoisotopic (exact) mass is 363 g/mol. The first kappa shape index (κ1) is 17.5. The van der Waals surface area contributed by atoms with E-state index >= 15 is 0 Å². The zero-order chi connectivity index (χ0) is 18.6. The van der Waals surface area contributed by atoms with Crippen LogP contribution in [-0.4, -0.2) is 38.1 Å². The van der Waals surface area contributed by atoms with E-state index in [1.54, 1.807) is 6.20 Å². The predicted octanol–water partition coefficient (Wildman–Crippen LogP) is 4.22. The maximum Gasteiger partial charge on any atom is 0.322 e. The Morgan fingerprint density at radius 3 is 3.04 bits per heavy atom. The molecule has 27 heavy (non-hydrogen) atoms. The van der Waals surface area contributed by atoms with E-state index in [1.807, 2.05) is 54.7 Å². The highest BCUT2D eigenvalue weighted by Gasteiger charge is 2.26. The minimum Gasteiger partial charge on any atom is -0.337 e. The number of carbonyl (C=O) groups excluding carboxylic acids is 1. The molecule has 3 heterocycles. The van der Waals surface area contributed by atoms with Gasteiger partial charge in [-0.1, -0.05) is 6.07 Å². The zero-order valence-electron chi connectivity index (χ0n) is 15.6. The molecule has 1 aliphatic heterocycles. The second-order valence-corrected chi connectivity index (χ2v) is 7.19. The van der Waals surface area contributed by atoms with Gasteiger partial charge >= 0.3 is 6.03 Å². The normalized spacial score (nSPS) is 17.2. The fourth-order valence-electron chi connectivity index (χ4n) is 3.84. The van der Waals surface area contributed by atoms with Crippen molar-refractivity contribution < 1.29 is 4.79 Å². The first-order valence-corrected chi connectivity index (χ1v) is 9.60. The Bertz CT molecular complexity index is 921. The number of aryl methyl sites for hydroxylation is 2. The van der Waals surface area contributed by atoms with E-state index in [9.17, 15) is 4.79 Å². The lowest BCUT2D eigenvalue weighted by molar-refractivity contribution is 0.155. The van der Waals surface area contributed by atoms with Crippen molar-refractivity contribution >= 4 is 22.6 Å². The quantitative estimate of drug-likeness (QED) is 0.755. The molecule has 0 bridgehead atoms. The number of likely N-dealkylation sites (tertiary alicyclic amines) is 1. The first-order chi connectivity index (χ1) is 13.2. The number of carbonyl (C=O) groups is 1. The van der Waals surface area contributed by atoms with Crippen LogP contribution in [0.1, 0.15) is 31.4 Å². The van der Waals surface area contributed by atoms with Gasteiger partial charge in [-0.2, -0.15) is 0 Å². The third-order valence-corrected chi connectivity index (χ3v) is 5.28. The average molecular weight is 363 g/mol. The molecular weight excluding hydrogens is 338 g/mol. The molecule has 0 unspecified atom stereocenters. The van der Waals surface area contributed by atoms with Crippen LogP contribution in [-0.2, 0) is 6.54 Å². The van der Waals surface area contributed by atoms with E-state index in [-0.39, 0.29) is 12.1 Å². The number of aromatic nitrogens is 3. The molecule has 6 nitrogen and oxygen atoms in total. The van der Waals surface area contributed by atoms with Gasteiger partial charge < -0.3 is 14.8 Å². The van der Waals surface area contributed by atoms with Crippen LogP contribution in [0.25, 0.3) is 10.9 Å². The first-order valence-electron chi connectivity index (χ1n) is 9.60. The number of nitrogens with zero attached hydrogens (tertiary/aromatic N) is 4. The molecule has 140 valence electrons. The largest absolute Gasteiger partial charge is 0.337 e. The molecule has 2 aromatic heterocycles. The third kappa shape index (κ3) is 3.94. The zero-order valence-corrected chi connectivity index (χ0v) is 15.6. The van der Waals surface area contributed by atoms with Crippen LogP contribution in [0.5, 0.6) is 0 Å². The summed E-state index contributed by atoms with van der Waals surface area (Å²) < 4.78 is 2.07. The fraction of sp³-hybridized carbons (Fsp3) is 0.381. The highest BCUT2D eigenvalue weighted by atomic mass is 16.2. The van der Waals surface area contributed by atoms with E-state index in [4.69, 9.17) is 0 Å². The summed E-state index contributed by atoms with van der Waals surface area (Å²) in [7, 11) is 0. The minimum absolute atomic E-state index is 0.0154. The van der Waals surface area contributed by atoms with Crippen molar-refractivity contribution in [1.29, 1.82) is 0 Å². The Labute approximate surface area is 159 Å². The molecule has 1 saturated heterocycles. The number of benzene rings is 1. The number of pyridine rings is 1. The van der Waals surface area contributed by atoms with Gasteiger partial charge in [0.25, 0.3) is 0 Å². The maximum absolute atomic E-state index is 13.0. The summed E-state index contributed by atoms with van der Waals surface area (Å²) in [5, 5.41) is 4.10. The lowest BCUT2D eigenvalue weighted by atomic mass is 9.99. The molecule has 1 aromatic carbocycles. The number of anilines is 1. The van der Waals surface area contributed by atoms with Crippen molar-refractivity contribution in [2.24, 2.45) is 0 Å². The van der Waals surface area contributed by atoms with E-state index in [1.165, 1.54) is 6.42 Å². The van der Waals surface area contributed by atoms with Crippen LogP contribution in [0.2, 0.25) is 0 Å². The van der Waals surface area contributed by atoms with Gasteiger partial charge in [0.15, 0.2) is 0 Å². The highest BCUT2D eigenvalue weighted by molar-refractivity contribution is 6.00. The number of imidazole rings is 1. The summed E-state index contributed by atoms with van der Waals surface area (Å²) in [5.41, 5.74) is 2.70.